The lowest BCUT2D eigenvalue weighted by atomic mass is 10.1. The summed E-state index contributed by atoms with van der Waals surface area (Å²) in [6, 6.07) is 8.54. The van der Waals surface area contributed by atoms with Crippen molar-refractivity contribution in [3.63, 3.8) is 0 Å². The van der Waals surface area contributed by atoms with E-state index in [9.17, 15) is 0 Å². The highest BCUT2D eigenvalue weighted by atomic mass is 16.5. The second-order valence-electron chi connectivity index (χ2n) is 5.43. The molecule has 1 aromatic carbocycles. The maximum absolute atomic E-state index is 5.63. The molecule has 0 bridgehead atoms. The topological polar surface area (TPSA) is 39.1 Å². The molecule has 0 aliphatic carbocycles. The SMILES string of the molecule is Cc1cccc(CNc2cnn(CC3CCCO3)c2)c1. The summed E-state index contributed by atoms with van der Waals surface area (Å²) in [6.07, 6.45) is 6.58. The van der Waals surface area contributed by atoms with Gasteiger partial charge in [0.15, 0.2) is 0 Å². The maximum atomic E-state index is 5.63. The van der Waals surface area contributed by atoms with Crippen molar-refractivity contribution in [2.75, 3.05) is 11.9 Å². The molecule has 4 heteroatoms. The van der Waals surface area contributed by atoms with Gasteiger partial charge in [-0.3, -0.25) is 4.68 Å². The second-order valence-corrected chi connectivity index (χ2v) is 5.43. The van der Waals surface area contributed by atoms with E-state index < -0.39 is 0 Å². The molecule has 1 aliphatic heterocycles. The smallest absolute Gasteiger partial charge is 0.0771 e. The minimum absolute atomic E-state index is 0.333. The number of aryl methyl sites for hydroxylation is 1. The zero-order chi connectivity index (χ0) is 13.8. The van der Waals surface area contributed by atoms with Crippen LogP contribution >= 0.6 is 0 Å². The van der Waals surface area contributed by atoms with Crippen LogP contribution in [0.4, 0.5) is 5.69 Å². The number of nitrogens with zero attached hydrogens (tertiary/aromatic N) is 2. The van der Waals surface area contributed by atoms with E-state index >= 15 is 0 Å². The van der Waals surface area contributed by atoms with Crippen molar-refractivity contribution in [2.45, 2.75) is 39.0 Å². The largest absolute Gasteiger partial charge is 0.378 e. The molecule has 1 aromatic heterocycles. The summed E-state index contributed by atoms with van der Waals surface area (Å²) in [4.78, 5) is 0. The second kappa shape index (κ2) is 6.09. The molecule has 4 nitrogen and oxygen atoms in total. The molecule has 1 N–H and O–H groups in total. The fourth-order valence-corrected chi connectivity index (χ4v) is 2.58. The molecule has 1 aliphatic rings. The molecule has 3 rings (SSSR count). The highest BCUT2D eigenvalue weighted by molar-refractivity contribution is 5.39. The normalized spacial score (nSPS) is 18.4. The van der Waals surface area contributed by atoms with Crippen LogP contribution < -0.4 is 5.32 Å². The van der Waals surface area contributed by atoms with Gasteiger partial charge in [-0.1, -0.05) is 29.8 Å². The average molecular weight is 271 g/mol. The number of rotatable bonds is 5. The lowest BCUT2D eigenvalue weighted by molar-refractivity contribution is 0.0940. The molecule has 0 spiro atoms. The predicted molar refractivity (Wildman–Crippen MR) is 79.7 cm³/mol. The molecule has 1 fully saturated rings. The fraction of sp³-hybridized carbons (Fsp3) is 0.438. The Morgan fingerprint density at radius 3 is 3.20 bits per heavy atom. The van der Waals surface area contributed by atoms with Gasteiger partial charge in [-0.15, -0.1) is 0 Å². The van der Waals surface area contributed by atoms with Crippen LogP contribution in [0.25, 0.3) is 0 Å². The first kappa shape index (κ1) is 13.2. The Kier molecular flexibility index (Phi) is 4.02. The third-order valence-electron chi connectivity index (χ3n) is 3.63. The van der Waals surface area contributed by atoms with E-state index in [1.807, 2.05) is 10.9 Å². The molecule has 1 atom stereocenters. The number of nitrogens with one attached hydrogen (secondary N) is 1. The summed E-state index contributed by atoms with van der Waals surface area (Å²) in [5.41, 5.74) is 3.64. The average Bonchev–Trinajstić information content (AvgIpc) is 3.09. The molecular weight excluding hydrogens is 250 g/mol. The van der Waals surface area contributed by atoms with Crippen LogP contribution in [0.15, 0.2) is 36.7 Å². The first-order valence-electron chi connectivity index (χ1n) is 7.23. The minimum Gasteiger partial charge on any atom is -0.378 e. The quantitative estimate of drug-likeness (QED) is 0.908. The van der Waals surface area contributed by atoms with Crippen LogP contribution in [0.2, 0.25) is 0 Å². The van der Waals surface area contributed by atoms with Crippen molar-refractivity contribution < 1.29 is 4.74 Å². The third kappa shape index (κ3) is 3.39. The lowest BCUT2D eigenvalue weighted by Crippen LogP contribution is -2.15. The van der Waals surface area contributed by atoms with Gasteiger partial charge in [-0.05, 0) is 25.3 Å². The monoisotopic (exact) mass is 271 g/mol. The van der Waals surface area contributed by atoms with Crippen molar-refractivity contribution in [3.05, 3.63) is 47.8 Å². The van der Waals surface area contributed by atoms with Crippen molar-refractivity contribution in [1.82, 2.24) is 9.78 Å². The Bertz CT molecular complexity index is 558. The first-order valence-corrected chi connectivity index (χ1v) is 7.23. The van der Waals surface area contributed by atoms with Crippen molar-refractivity contribution >= 4 is 5.69 Å². The molecule has 2 heterocycles. The van der Waals surface area contributed by atoms with Gasteiger partial charge in [0, 0.05) is 19.3 Å². The Morgan fingerprint density at radius 1 is 1.45 bits per heavy atom. The molecule has 0 saturated carbocycles. The highest BCUT2D eigenvalue weighted by Gasteiger charge is 2.16. The van der Waals surface area contributed by atoms with Gasteiger partial charge in [-0.2, -0.15) is 5.10 Å². The standard InChI is InChI=1S/C16H21N3O/c1-13-4-2-5-14(8-13)9-17-15-10-18-19(11-15)12-16-6-3-7-20-16/h2,4-5,8,10-11,16-17H,3,6-7,9,12H2,1H3. The maximum Gasteiger partial charge on any atom is 0.0771 e. The van der Waals surface area contributed by atoms with Crippen molar-refractivity contribution in [3.8, 4) is 0 Å². The highest BCUT2D eigenvalue weighted by Crippen LogP contribution is 2.15. The van der Waals surface area contributed by atoms with Gasteiger partial charge >= 0.3 is 0 Å². The van der Waals surface area contributed by atoms with E-state index in [4.69, 9.17) is 4.74 Å². The van der Waals surface area contributed by atoms with Gasteiger partial charge < -0.3 is 10.1 Å². The number of anilines is 1. The molecule has 0 radical (unpaired) electrons. The molecule has 2 aromatic rings. The zero-order valence-electron chi connectivity index (χ0n) is 11.9. The lowest BCUT2D eigenvalue weighted by Gasteiger charge is -2.08. The van der Waals surface area contributed by atoms with Crippen LogP contribution in [0.5, 0.6) is 0 Å². The summed E-state index contributed by atoms with van der Waals surface area (Å²) in [5.74, 6) is 0. The summed E-state index contributed by atoms with van der Waals surface area (Å²) in [5, 5.41) is 7.79. The predicted octanol–water partition coefficient (Wildman–Crippen LogP) is 2.98. The van der Waals surface area contributed by atoms with Gasteiger partial charge in [0.05, 0.1) is 24.5 Å². The number of ether oxygens (including phenoxy) is 1. The Morgan fingerprint density at radius 2 is 2.40 bits per heavy atom. The van der Waals surface area contributed by atoms with Crippen LogP contribution in [-0.2, 0) is 17.8 Å². The van der Waals surface area contributed by atoms with Gasteiger partial charge in [0.1, 0.15) is 0 Å². The fourth-order valence-electron chi connectivity index (χ4n) is 2.58. The number of aromatic nitrogens is 2. The zero-order valence-corrected chi connectivity index (χ0v) is 11.9. The minimum atomic E-state index is 0.333. The van der Waals surface area contributed by atoms with E-state index in [2.05, 4.69) is 47.8 Å². The summed E-state index contributed by atoms with van der Waals surface area (Å²) >= 11 is 0. The third-order valence-corrected chi connectivity index (χ3v) is 3.63. The summed E-state index contributed by atoms with van der Waals surface area (Å²) in [7, 11) is 0. The van der Waals surface area contributed by atoms with Crippen LogP contribution in [0.1, 0.15) is 24.0 Å². The van der Waals surface area contributed by atoms with Gasteiger partial charge in [-0.25, -0.2) is 0 Å². The molecule has 0 amide bonds. The Balaban J connectivity index is 1.54. The van der Waals surface area contributed by atoms with E-state index in [1.165, 1.54) is 17.5 Å². The van der Waals surface area contributed by atoms with Crippen molar-refractivity contribution in [2.24, 2.45) is 0 Å². The van der Waals surface area contributed by atoms with Crippen LogP contribution in [0.3, 0.4) is 0 Å². The number of benzene rings is 1. The van der Waals surface area contributed by atoms with Crippen molar-refractivity contribution in [1.29, 1.82) is 0 Å². The van der Waals surface area contributed by atoms with Gasteiger partial charge in [0.25, 0.3) is 0 Å². The summed E-state index contributed by atoms with van der Waals surface area (Å²) in [6.45, 7) is 4.69. The molecule has 106 valence electrons. The number of hydrogen-bond acceptors (Lipinski definition) is 3. The van der Waals surface area contributed by atoms with Crippen LogP contribution in [0, 0.1) is 6.92 Å². The number of hydrogen-bond donors (Lipinski definition) is 1. The first-order chi connectivity index (χ1) is 9.79. The van der Waals surface area contributed by atoms with E-state index in [-0.39, 0.29) is 0 Å². The Labute approximate surface area is 119 Å². The summed E-state index contributed by atoms with van der Waals surface area (Å²) < 4.78 is 7.59. The molecule has 20 heavy (non-hydrogen) atoms. The van der Waals surface area contributed by atoms with E-state index in [0.717, 1.165) is 31.8 Å². The Hall–Kier alpha value is -1.81. The molecule has 1 saturated heterocycles. The van der Waals surface area contributed by atoms with Gasteiger partial charge in [0.2, 0.25) is 0 Å². The molecular formula is C16H21N3O. The molecule has 1 unspecified atom stereocenters. The van der Waals surface area contributed by atoms with Crippen LogP contribution in [-0.4, -0.2) is 22.5 Å². The van der Waals surface area contributed by atoms with E-state index in [1.54, 1.807) is 0 Å². The van der Waals surface area contributed by atoms with E-state index in [0.29, 0.717) is 6.10 Å².